The van der Waals surface area contributed by atoms with Gasteiger partial charge < -0.3 is 4.52 Å². The minimum absolute atomic E-state index is 0.0797. The third-order valence-electron chi connectivity index (χ3n) is 2.03. The molecule has 0 radical (unpaired) electrons. The van der Waals surface area contributed by atoms with Crippen LogP contribution < -0.4 is 4.72 Å². The minimum atomic E-state index is -3.15. The molecule has 0 aromatic carbocycles. The summed E-state index contributed by atoms with van der Waals surface area (Å²) in [6, 6.07) is 0. The van der Waals surface area contributed by atoms with Crippen LogP contribution in [0.5, 0.6) is 0 Å². The summed E-state index contributed by atoms with van der Waals surface area (Å²) < 4.78 is 29.7. The SMILES string of the molecule is CCS(=O)(=O)NCc1c(C)noc1C. The molecule has 0 amide bonds. The Morgan fingerprint density at radius 1 is 1.43 bits per heavy atom. The van der Waals surface area contributed by atoms with E-state index >= 15 is 0 Å². The van der Waals surface area contributed by atoms with E-state index in [1.54, 1.807) is 20.8 Å². The van der Waals surface area contributed by atoms with Crippen LogP contribution in [0.4, 0.5) is 0 Å². The third-order valence-corrected chi connectivity index (χ3v) is 3.37. The standard InChI is InChI=1S/C8H14N2O3S/c1-4-14(11,12)9-5-8-6(2)10-13-7(8)3/h9H,4-5H2,1-3H3. The molecule has 1 aromatic heterocycles. The maximum absolute atomic E-state index is 11.2. The van der Waals surface area contributed by atoms with Gasteiger partial charge in [-0.15, -0.1) is 0 Å². The molecule has 14 heavy (non-hydrogen) atoms. The second-order valence-electron chi connectivity index (χ2n) is 3.03. The van der Waals surface area contributed by atoms with Crippen LogP contribution in [-0.4, -0.2) is 19.3 Å². The molecule has 0 fully saturated rings. The Morgan fingerprint density at radius 2 is 2.07 bits per heavy atom. The zero-order valence-electron chi connectivity index (χ0n) is 8.49. The summed E-state index contributed by atoms with van der Waals surface area (Å²) in [5, 5.41) is 3.73. The first-order valence-corrected chi connectivity index (χ1v) is 6.00. The molecule has 0 aliphatic carbocycles. The smallest absolute Gasteiger partial charge is 0.211 e. The second kappa shape index (κ2) is 4.10. The lowest BCUT2D eigenvalue weighted by molar-refractivity contribution is 0.392. The molecule has 0 bridgehead atoms. The Hall–Kier alpha value is -0.880. The average Bonchev–Trinajstić information content (AvgIpc) is 2.44. The molecule has 0 aliphatic rings. The highest BCUT2D eigenvalue weighted by Gasteiger charge is 2.12. The van der Waals surface area contributed by atoms with Crippen LogP contribution in [0.1, 0.15) is 23.9 Å². The van der Waals surface area contributed by atoms with Gasteiger partial charge in [0.05, 0.1) is 11.4 Å². The summed E-state index contributed by atoms with van der Waals surface area (Å²) >= 11 is 0. The summed E-state index contributed by atoms with van der Waals surface area (Å²) in [6.07, 6.45) is 0. The van der Waals surface area contributed by atoms with Crippen molar-refractivity contribution >= 4 is 10.0 Å². The Bertz CT molecular complexity index is 389. The quantitative estimate of drug-likeness (QED) is 0.808. The van der Waals surface area contributed by atoms with Gasteiger partial charge in [0.15, 0.2) is 0 Å². The maximum atomic E-state index is 11.2. The van der Waals surface area contributed by atoms with Gasteiger partial charge in [0.25, 0.3) is 0 Å². The van der Waals surface area contributed by atoms with Gasteiger partial charge in [-0.3, -0.25) is 0 Å². The van der Waals surface area contributed by atoms with E-state index in [-0.39, 0.29) is 12.3 Å². The van der Waals surface area contributed by atoms with Crippen molar-refractivity contribution < 1.29 is 12.9 Å². The first-order valence-electron chi connectivity index (χ1n) is 4.35. The second-order valence-corrected chi connectivity index (χ2v) is 5.12. The highest BCUT2D eigenvalue weighted by Crippen LogP contribution is 2.11. The van der Waals surface area contributed by atoms with Crippen molar-refractivity contribution in [3.63, 3.8) is 0 Å². The van der Waals surface area contributed by atoms with Gasteiger partial charge in [0.1, 0.15) is 5.76 Å². The largest absolute Gasteiger partial charge is 0.361 e. The molecular weight excluding hydrogens is 204 g/mol. The fraction of sp³-hybridized carbons (Fsp3) is 0.625. The summed E-state index contributed by atoms with van der Waals surface area (Å²) in [5.74, 6) is 0.734. The number of sulfonamides is 1. The van der Waals surface area contributed by atoms with E-state index in [4.69, 9.17) is 4.52 Å². The minimum Gasteiger partial charge on any atom is -0.361 e. The van der Waals surface area contributed by atoms with Crippen LogP contribution >= 0.6 is 0 Å². The lowest BCUT2D eigenvalue weighted by Gasteiger charge is -2.02. The zero-order valence-corrected chi connectivity index (χ0v) is 9.31. The number of hydrogen-bond donors (Lipinski definition) is 1. The van der Waals surface area contributed by atoms with Gasteiger partial charge in [0, 0.05) is 12.1 Å². The van der Waals surface area contributed by atoms with Crippen molar-refractivity contribution in [2.75, 3.05) is 5.75 Å². The number of rotatable bonds is 4. The number of nitrogens with zero attached hydrogens (tertiary/aromatic N) is 1. The van der Waals surface area contributed by atoms with Crippen molar-refractivity contribution in [2.45, 2.75) is 27.3 Å². The average molecular weight is 218 g/mol. The molecule has 5 nitrogen and oxygen atoms in total. The molecule has 0 spiro atoms. The number of nitrogens with one attached hydrogen (secondary N) is 1. The van der Waals surface area contributed by atoms with Crippen LogP contribution in [0.25, 0.3) is 0 Å². The van der Waals surface area contributed by atoms with Crippen LogP contribution in [-0.2, 0) is 16.6 Å². The highest BCUT2D eigenvalue weighted by atomic mass is 32.2. The Labute approximate surface area is 83.5 Å². The molecular formula is C8H14N2O3S. The van der Waals surface area contributed by atoms with Gasteiger partial charge in [0.2, 0.25) is 10.0 Å². The molecule has 1 N–H and O–H groups in total. The highest BCUT2D eigenvalue weighted by molar-refractivity contribution is 7.89. The molecule has 0 aliphatic heterocycles. The van der Waals surface area contributed by atoms with Crippen molar-refractivity contribution in [3.05, 3.63) is 17.0 Å². The molecule has 1 aromatic rings. The van der Waals surface area contributed by atoms with Gasteiger partial charge >= 0.3 is 0 Å². The Balaban J connectivity index is 2.72. The first-order chi connectivity index (χ1) is 6.46. The summed E-state index contributed by atoms with van der Waals surface area (Å²) in [6.45, 7) is 5.38. The van der Waals surface area contributed by atoms with Gasteiger partial charge in [-0.05, 0) is 20.8 Å². The van der Waals surface area contributed by atoms with Crippen molar-refractivity contribution in [1.29, 1.82) is 0 Å². The molecule has 1 rings (SSSR count). The first kappa shape index (κ1) is 11.2. The Morgan fingerprint density at radius 3 is 2.50 bits per heavy atom. The van der Waals surface area contributed by atoms with E-state index in [2.05, 4.69) is 9.88 Å². The predicted molar refractivity (Wildman–Crippen MR) is 52.3 cm³/mol. The van der Waals surface area contributed by atoms with E-state index in [9.17, 15) is 8.42 Å². The topological polar surface area (TPSA) is 72.2 Å². The lowest BCUT2D eigenvalue weighted by Crippen LogP contribution is -2.25. The van der Waals surface area contributed by atoms with Crippen LogP contribution in [0.3, 0.4) is 0 Å². The molecule has 0 unspecified atom stereocenters. The third kappa shape index (κ3) is 2.55. The van der Waals surface area contributed by atoms with Crippen LogP contribution in [0, 0.1) is 13.8 Å². The molecule has 1 heterocycles. The van der Waals surface area contributed by atoms with E-state index in [0.717, 1.165) is 11.3 Å². The monoisotopic (exact) mass is 218 g/mol. The summed E-state index contributed by atoms with van der Waals surface area (Å²) in [7, 11) is -3.15. The van der Waals surface area contributed by atoms with E-state index in [1.165, 1.54) is 0 Å². The van der Waals surface area contributed by atoms with Gasteiger partial charge in [-0.2, -0.15) is 0 Å². The van der Waals surface area contributed by atoms with Crippen molar-refractivity contribution in [3.8, 4) is 0 Å². The lowest BCUT2D eigenvalue weighted by atomic mass is 10.2. The molecule has 0 atom stereocenters. The van der Waals surface area contributed by atoms with E-state index < -0.39 is 10.0 Å². The number of aromatic nitrogens is 1. The van der Waals surface area contributed by atoms with Crippen LogP contribution in [0.2, 0.25) is 0 Å². The van der Waals surface area contributed by atoms with E-state index in [1.807, 2.05) is 0 Å². The number of hydrogen-bond acceptors (Lipinski definition) is 4. The fourth-order valence-corrected chi connectivity index (χ4v) is 1.61. The predicted octanol–water partition coefficient (Wildman–Crippen LogP) is 0.731. The summed E-state index contributed by atoms with van der Waals surface area (Å²) in [5.41, 5.74) is 1.53. The number of aryl methyl sites for hydroxylation is 2. The molecule has 0 saturated heterocycles. The van der Waals surface area contributed by atoms with E-state index in [0.29, 0.717) is 5.76 Å². The van der Waals surface area contributed by atoms with Gasteiger partial charge in [-0.1, -0.05) is 5.16 Å². The summed E-state index contributed by atoms with van der Waals surface area (Å²) in [4.78, 5) is 0. The van der Waals surface area contributed by atoms with Gasteiger partial charge in [-0.25, -0.2) is 13.1 Å². The Kier molecular flexibility index (Phi) is 3.28. The fourth-order valence-electron chi connectivity index (χ4n) is 1.04. The molecule has 80 valence electrons. The normalized spacial score (nSPS) is 11.9. The molecule has 0 saturated carbocycles. The molecule has 6 heteroatoms. The van der Waals surface area contributed by atoms with Crippen molar-refractivity contribution in [2.24, 2.45) is 0 Å². The van der Waals surface area contributed by atoms with Crippen LogP contribution in [0.15, 0.2) is 4.52 Å². The zero-order chi connectivity index (χ0) is 10.8. The van der Waals surface area contributed by atoms with Crippen molar-refractivity contribution in [1.82, 2.24) is 9.88 Å². The maximum Gasteiger partial charge on any atom is 0.211 e.